The number of amides is 1. The fraction of sp³-hybridized carbons (Fsp3) is 0.190. The zero-order valence-electron chi connectivity index (χ0n) is 16.6. The largest absolute Gasteiger partial charge is 0.306 e. The molecule has 0 aliphatic rings. The first-order valence-corrected chi connectivity index (χ1v) is 9.04. The van der Waals surface area contributed by atoms with Crippen LogP contribution in [0.2, 0.25) is 0 Å². The molecule has 0 radical (unpaired) electrons. The number of para-hydroxylation sites is 1. The molecule has 1 aromatic carbocycles. The van der Waals surface area contributed by atoms with Gasteiger partial charge >= 0.3 is 0 Å². The monoisotopic (exact) mass is 385 g/mol. The fourth-order valence-electron chi connectivity index (χ4n) is 3.48. The number of nitrogens with one attached hydrogen (secondary N) is 1. The summed E-state index contributed by atoms with van der Waals surface area (Å²) in [4.78, 5) is 18.0. The molecule has 3 heterocycles. The van der Waals surface area contributed by atoms with Gasteiger partial charge in [0.1, 0.15) is 17.5 Å². The Bertz CT molecular complexity index is 1310. The fourth-order valence-corrected chi connectivity index (χ4v) is 3.48. The van der Waals surface area contributed by atoms with E-state index in [0.29, 0.717) is 28.2 Å². The lowest BCUT2D eigenvalue weighted by atomic mass is 10.0. The normalized spacial score (nSPS) is 10.9. The number of pyridine rings is 1. The lowest BCUT2D eigenvalue weighted by Crippen LogP contribution is -2.16. The van der Waals surface area contributed by atoms with Crippen LogP contribution < -0.4 is 5.32 Å². The van der Waals surface area contributed by atoms with E-state index < -0.39 is 0 Å². The predicted molar refractivity (Wildman–Crippen MR) is 109 cm³/mol. The summed E-state index contributed by atoms with van der Waals surface area (Å²) >= 11 is 0. The summed E-state index contributed by atoms with van der Waals surface area (Å²) < 4.78 is 3.27. The van der Waals surface area contributed by atoms with Crippen LogP contribution >= 0.6 is 0 Å². The van der Waals surface area contributed by atoms with Gasteiger partial charge in [0, 0.05) is 30.7 Å². The van der Waals surface area contributed by atoms with E-state index in [2.05, 4.69) is 15.5 Å². The highest BCUT2D eigenvalue weighted by Crippen LogP contribution is 2.29. The second-order valence-electron chi connectivity index (χ2n) is 6.84. The van der Waals surface area contributed by atoms with Crippen LogP contribution in [-0.2, 0) is 14.1 Å². The number of carbonyl (C=O) groups excluding carboxylic acids is 1. The van der Waals surface area contributed by atoms with Crippen LogP contribution in [0.3, 0.4) is 0 Å². The summed E-state index contributed by atoms with van der Waals surface area (Å²) in [7, 11) is 3.56. The minimum Gasteiger partial charge on any atom is -0.306 e. The van der Waals surface area contributed by atoms with Crippen molar-refractivity contribution in [1.82, 2.24) is 24.5 Å². The predicted octanol–water partition coefficient (Wildman–Crippen LogP) is 3.11. The third-order valence-corrected chi connectivity index (χ3v) is 5.02. The number of benzene rings is 1. The van der Waals surface area contributed by atoms with Crippen molar-refractivity contribution in [1.29, 1.82) is 5.26 Å². The second kappa shape index (κ2) is 6.87. The Hall–Kier alpha value is -3.99. The van der Waals surface area contributed by atoms with Gasteiger partial charge in [-0.2, -0.15) is 15.5 Å². The maximum Gasteiger partial charge on any atom is 0.257 e. The maximum absolute atomic E-state index is 13.2. The molecule has 4 aromatic rings. The molecule has 144 valence electrons. The zero-order chi connectivity index (χ0) is 20.7. The van der Waals surface area contributed by atoms with Crippen molar-refractivity contribution in [2.45, 2.75) is 13.8 Å². The smallest absolute Gasteiger partial charge is 0.257 e. The number of anilines is 1. The van der Waals surface area contributed by atoms with Gasteiger partial charge in [-0.25, -0.2) is 4.98 Å². The number of hydrogen-bond donors (Lipinski definition) is 1. The molecule has 1 amide bonds. The molecule has 0 spiro atoms. The second-order valence-corrected chi connectivity index (χ2v) is 6.84. The van der Waals surface area contributed by atoms with Gasteiger partial charge in [0.05, 0.1) is 28.7 Å². The molecule has 8 heteroatoms. The molecule has 4 rings (SSSR count). The SMILES string of the molecule is Cc1nn(C)c(C)c1-c1cc(C(=O)Nc2c(C#N)cnn2C)c2ccccc2n1. The highest BCUT2D eigenvalue weighted by atomic mass is 16.1. The van der Waals surface area contributed by atoms with E-state index in [1.807, 2.05) is 51.2 Å². The number of aryl methyl sites for hydroxylation is 3. The quantitative estimate of drug-likeness (QED) is 0.584. The molecule has 0 fully saturated rings. The van der Waals surface area contributed by atoms with Crippen LogP contribution in [0.5, 0.6) is 0 Å². The first-order chi connectivity index (χ1) is 13.9. The first-order valence-electron chi connectivity index (χ1n) is 9.04. The Balaban J connectivity index is 1.88. The van der Waals surface area contributed by atoms with Gasteiger partial charge in [-0.05, 0) is 26.0 Å². The Kier molecular flexibility index (Phi) is 4.35. The van der Waals surface area contributed by atoms with Crippen LogP contribution in [-0.4, -0.2) is 30.5 Å². The van der Waals surface area contributed by atoms with Gasteiger partial charge in [0.2, 0.25) is 0 Å². The van der Waals surface area contributed by atoms with Gasteiger partial charge in [0.15, 0.2) is 0 Å². The molecular formula is C21H19N7O. The van der Waals surface area contributed by atoms with Crippen LogP contribution in [0, 0.1) is 25.2 Å². The third-order valence-electron chi connectivity index (χ3n) is 5.02. The van der Waals surface area contributed by atoms with Crippen molar-refractivity contribution in [3.8, 4) is 17.3 Å². The molecule has 1 N–H and O–H groups in total. The van der Waals surface area contributed by atoms with E-state index in [4.69, 9.17) is 4.98 Å². The summed E-state index contributed by atoms with van der Waals surface area (Å²) in [5, 5.41) is 21.3. The Morgan fingerprint density at radius 3 is 2.62 bits per heavy atom. The van der Waals surface area contributed by atoms with E-state index in [-0.39, 0.29) is 5.91 Å². The van der Waals surface area contributed by atoms with Crippen molar-refractivity contribution >= 4 is 22.6 Å². The van der Waals surface area contributed by atoms with Gasteiger partial charge in [-0.3, -0.25) is 14.2 Å². The number of carbonyl (C=O) groups is 1. The molecule has 0 unspecified atom stereocenters. The summed E-state index contributed by atoms with van der Waals surface area (Å²) in [6, 6.07) is 11.3. The van der Waals surface area contributed by atoms with E-state index in [1.54, 1.807) is 17.8 Å². The lowest BCUT2D eigenvalue weighted by Gasteiger charge is -2.11. The highest BCUT2D eigenvalue weighted by molar-refractivity contribution is 6.13. The number of rotatable bonds is 3. The molecule has 0 aliphatic carbocycles. The molecular weight excluding hydrogens is 366 g/mol. The van der Waals surface area contributed by atoms with Crippen molar-refractivity contribution in [2.75, 3.05) is 5.32 Å². The molecule has 3 aromatic heterocycles. The van der Waals surface area contributed by atoms with Gasteiger partial charge in [-0.1, -0.05) is 18.2 Å². The average molecular weight is 385 g/mol. The van der Waals surface area contributed by atoms with Crippen molar-refractivity contribution in [3.63, 3.8) is 0 Å². The number of nitrogens with zero attached hydrogens (tertiary/aromatic N) is 6. The molecule has 0 aliphatic heterocycles. The maximum atomic E-state index is 13.2. The standard InChI is InChI=1S/C21H19N7O/c1-12-19(13(2)27(3)26-12)18-9-16(15-7-5-6-8-17(15)24-18)21(29)25-20-14(10-22)11-23-28(20)4/h5-9,11H,1-4H3,(H,25,29). The summed E-state index contributed by atoms with van der Waals surface area (Å²) in [6.07, 6.45) is 1.42. The van der Waals surface area contributed by atoms with E-state index in [1.165, 1.54) is 10.9 Å². The Morgan fingerprint density at radius 2 is 1.93 bits per heavy atom. The highest BCUT2D eigenvalue weighted by Gasteiger charge is 2.20. The minimum atomic E-state index is -0.329. The summed E-state index contributed by atoms with van der Waals surface area (Å²) in [5.74, 6) is 0.0258. The van der Waals surface area contributed by atoms with E-state index in [9.17, 15) is 10.1 Å². The zero-order valence-corrected chi connectivity index (χ0v) is 16.6. The van der Waals surface area contributed by atoms with E-state index >= 15 is 0 Å². The average Bonchev–Trinajstić information content (AvgIpc) is 3.19. The summed E-state index contributed by atoms with van der Waals surface area (Å²) in [5.41, 5.74) is 4.89. The van der Waals surface area contributed by atoms with Crippen molar-refractivity contribution < 1.29 is 4.79 Å². The van der Waals surface area contributed by atoms with Crippen LogP contribution in [0.4, 0.5) is 5.82 Å². The van der Waals surface area contributed by atoms with Crippen molar-refractivity contribution in [3.05, 3.63) is 59.0 Å². The van der Waals surface area contributed by atoms with Gasteiger partial charge in [-0.15, -0.1) is 0 Å². The number of aromatic nitrogens is 5. The topological polar surface area (TPSA) is 101 Å². The molecule has 0 bridgehead atoms. The van der Waals surface area contributed by atoms with Crippen LogP contribution in [0.25, 0.3) is 22.2 Å². The number of nitriles is 1. The number of hydrogen-bond acceptors (Lipinski definition) is 5. The van der Waals surface area contributed by atoms with Crippen molar-refractivity contribution in [2.24, 2.45) is 14.1 Å². The van der Waals surface area contributed by atoms with Crippen LogP contribution in [0.1, 0.15) is 27.3 Å². The third kappa shape index (κ3) is 3.02. The minimum absolute atomic E-state index is 0.304. The number of fused-ring (bicyclic) bond motifs is 1. The molecule has 0 atom stereocenters. The molecule has 8 nitrogen and oxygen atoms in total. The Morgan fingerprint density at radius 1 is 1.17 bits per heavy atom. The van der Waals surface area contributed by atoms with E-state index in [0.717, 1.165) is 22.3 Å². The molecule has 0 saturated heterocycles. The van der Waals surface area contributed by atoms with Gasteiger partial charge < -0.3 is 5.32 Å². The molecule has 0 saturated carbocycles. The Labute approximate surface area is 167 Å². The lowest BCUT2D eigenvalue weighted by molar-refractivity contribution is 0.102. The summed E-state index contributed by atoms with van der Waals surface area (Å²) in [6.45, 7) is 3.90. The molecule has 29 heavy (non-hydrogen) atoms. The first kappa shape index (κ1) is 18.4. The van der Waals surface area contributed by atoms with Gasteiger partial charge in [0.25, 0.3) is 5.91 Å². The van der Waals surface area contributed by atoms with Crippen LogP contribution in [0.15, 0.2) is 36.5 Å².